The van der Waals surface area contributed by atoms with Gasteiger partial charge in [0.2, 0.25) is 0 Å². The van der Waals surface area contributed by atoms with Crippen LogP contribution in [0, 0.1) is 5.92 Å². The molecule has 0 atom stereocenters. The summed E-state index contributed by atoms with van der Waals surface area (Å²) in [5.74, 6) is 0.986. The molecule has 1 fully saturated rings. The molecule has 3 aromatic heterocycles. The van der Waals surface area contributed by atoms with Crippen LogP contribution >= 0.6 is 12.8 Å². The van der Waals surface area contributed by atoms with E-state index in [1.54, 1.807) is 24.7 Å². The van der Waals surface area contributed by atoms with Crippen LogP contribution in [0.15, 0.2) is 30.9 Å². The highest BCUT2D eigenvalue weighted by Gasteiger charge is 2.25. The number of aromatic nitrogens is 5. The lowest BCUT2D eigenvalue weighted by Crippen LogP contribution is -2.29. The van der Waals surface area contributed by atoms with E-state index in [1.807, 2.05) is 17.8 Å². The molecule has 9 heteroatoms. The first-order chi connectivity index (χ1) is 12.1. The molecule has 0 unspecified atom stereocenters. The summed E-state index contributed by atoms with van der Waals surface area (Å²) in [5.41, 5.74) is 2.46. The number of pyridine rings is 1. The van der Waals surface area contributed by atoms with Crippen LogP contribution in [0.1, 0.15) is 12.8 Å². The number of amides is 2. The minimum atomic E-state index is -0.295. The molecule has 1 N–H and O–H groups in total. The minimum Gasteiger partial charge on any atom is -0.340 e. The summed E-state index contributed by atoms with van der Waals surface area (Å²) in [6.07, 6.45) is 7.54. The number of aryl methyl sites for hydroxylation is 1. The number of imidazole rings is 1. The van der Waals surface area contributed by atoms with Crippen molar-refractivity contribution in [3.63, 3.8) is 0 Å². The van der Waals surface area contributed by atoms with Gasteiger partial charge < -0.3 is 4.57 Å². The number of rotatable bonds is 4. The standard InChI is InChI=1S/C16H17N7OS/c1-22-8-13(18-9-22)12-6-17-11-4-5-14(20-15(11)19-12)21-16(24)23(25)7-10-2-3-10/h4-6,8-10,25H,2-3,7H2,1H3,(H,19,20,21,24). The van der Waals surface area contributed by atoms with Crippen molar-refractivity contribution in [2.75, 3.05) is 11.9 Å². The highest BCUT2D eigenvalue weighted by Crippen LogP contribution is 2.30. The fraction of sp³-hybridized carbons (Fsp3) is 0.312. The van der Waals surface area contributed by atoms with Gasteiger partial charge in [-0.2, -0.15) is 0 Å². The highest BCUT2D eigenvalue weighted by atomic mass is 32.1. The van der Waals surface area contributed by atoms with E-state index in [-0.39, 0.29) is 6.03 Å². The number of hydrogen-bond donors (Lipinski definition) is 2. The Balaban J connectivity index is 1.56. The van der Waals surface area contributed by atoms with Crippen molar-refractivity contribution in [2.24, 2.45) is 13.0 Å². The van der Waals surface area contributed by atoms with Gasteiger partial charge in [0.25, 0.3) is 0 Å². The van der Waals surface area contributed by atoms with Crippen molar-refractivity contribution in [1.82, 2.24) is 28.8 Å². The number of nitrogens with one attached hydrogen (secondary N) is 1. The molecular weight excluding hydrogens is 338 g/mol. The average molecular weight is 355 g/mol. The Bertz CT molecular complexity index is 937. The number of anilines is 1. The van der Waals surface area contributed by atoms with E-state index in [1.165, 1.54) is 4.31 Å². The maximum atomic E-state index is 12.2. The number of carbonyl (C=O) groups is 1. The van der Waals surface area contributed by atoms with Crippen molar-refractivity contribution in [3.05, 3.63) is 30.9 Å². The van der Waals surface area contributed by atoms with Crippen LogP contribution in [0.25, 0.3) is 22.6 Å². The molecule has 0 aliphatic heterocycles. The van der Waals surface area contributed by atoms with Gasteiger partial charge in [-0.05, 0) is 30.9 Å². The first-order valence-electron chi connectivity index (χ1n) is 7.98. The predicted octanol–water partition coefficient (Wildman–Crippen LogP) is 2.51. The number of hydrogen-bond acceptors (Lipinski definition) is 6. The second-order valence-electron chi connectivity index (χ2n) is 6.17. The molecule has 0 radical (unpaired) electrons. The molecule has 1 aliphatic rings. The fourth-order valence-corrected chi connectivity index (χ4v) is 2.72. The number of carbonyl (C=O) groups excluding carboxylic acids is 1. The second-order valence-corrected chi connectivity index (χ2v) is 6.66. The van der Waals surface area contributed by atoms with Crippen LogP contribution in [0.3, 0.4) is 0 Å². The first-order valence-corrected chi connectivity index (χ1v) is 8.38. The van der Waals surface area contributed by atoms with Gasteiger partial charge >= 0.3 is 6.03 Å². The van der Waals surface area contributed by atoms with Crippen LogP contribution in [0.2, 0.25) is 0 Å². The van der Waals surface area contributed by atoms with E-state index in [2.05, 4.69) is 38.1 Å². The number of fused-ring (bicyclic) bond motifs is 1. The summed E-state index contributed by atoms with van der Waals surface area (Å²) in [6.45, 7) is 0.645. The number of thiol groups is 1. The van der Waals surface area contributed by atoms with Crippen LogP contribution in [0.5, 0.6) is 0 Å². The number of nitrogens with zero attached hydrogens (tertiary/aromatic N) is 6. The maximum absolute atomic E-state index is 12.2. The summed E-state index contributed by atoms with van der Waals surface area (Å²) in [5, 5.41) is 2.74. The van der Waals surface area contributed by atoms with E-state index in [9.17, 15) is 4.79 Å². The smallest absolute Gasteiger partial charge is 0.332 e. The van der Waals surface area contributed by atoms with E-state index in [0.29, 0.717) is 35.1 Å². The summed E-state index contributed by atoms with van der Waals surface area (Å²) < 4.78 is 3.23. The SMILES string of the molecule is Cn1cnc(-c2cnc3ccc(NC(=O)N(S)CC4CC4)nc3n2)c1. The Morgan fingerprint density at radius 3 is 2.88 bits per heavy atom. The molecule has 0 aromatic carbocycles. The van der Waals surface area contributed by atoms with Gasteiger partial charge in [0.05, 0.1) is 12.5 Å². The van der Waals surface area contributed by atoms with Crippen LogP contribution in [-0.4, -0.2) is 41.4 Å². The van der Waals surface area contributed by atoms with E-state index in [0.717, 1.165) is 18.5 Å². The quantitative estimate of drug-likeness (QED) is 0.702. The van der Waals surface area contributed by atoms with Crippen molar-refractivity contribution < 1.29 is 4.79 Å². The number of urea groups is 1. The lowest BCUT2D eigenvalue weighted by molar-refractivity contribution is 0.238. The molecule has 0 spiro atoms. The fourth-order valence-electron chi connectivity index (χ4n) is 2.44. The molecule has 3 aromatic rings. The molecule has 0 saturated heterocycles. The molecule has 1 aliphatic carbocycles. The molecule has 2 amide bonds. The highest BCUT2D eigenvalue weighted by molar-refractivity contribution is 7.78. The third-order valence-corrected chi connectivity index (χ3v) is 4.32. The largest absolute Gasteiger partial charge is 0.340 e. The molecule has 0 bridgehead atoms. The molecule has 1 saturated carbocycles. The van der Waals surface area contributed by atoms with Gasteiger partial charge in [0.15, 0.2) is 5.65 Å². The summed E-state index contributed by atoms with van der Waals surface area (Å²) in [7, 11) is 1.89. The lowest BCUT2D eigenvalue weighted by Gasteiger charge is -2.15. The molecule has 4 rings (SSSR count). The van der Waals surface area contributed by atoms with Crippen molar-refractivity contribution in [3.8, 4) is 11.4 Å². The van der Waals surface area contributed by atoms with E-state index < -0.39 is 0 Å². The van der Waals surface area contributed by atoms with Crippen LogP contribution in [-0.2, 0) is 7.05 Å². The Kier molecular flexibility index (Phi) is 4.00. The van der Waals surface area contributed by atoms with Gasteiger partial charge in [-0.15, -0.1) is 0 Å². The molecule has 3 heterocycles. The van der Waals surface area contributed by atoms with Crippen molar-refractivity contribution >= 4 is 35.8 Å². The lowest BCUT2D eigenvalue weighted by atomic mass is 10.3. The van der Waals surface area contributed by atoms with Crippen LogP contribution in [0.4, 0.5) is 10.6 Å². The summed E-state index contributed by atoms with van der Waals surface area (Å²) in [6, 6.07) is 3.18. The van der Waals surface area contributed by atoms with Gasteiger partial charge in [-0.1, -0.05) is 12.8 Å². The van der Waals surface area contributed by atoms with Gasteiger partial charge in [0, 0.05) is 19.8 Å². The van der Waals surface area contributed by atoms with Crippen molar-refractivity contribution in [1.29, 1.82) is 0 Å². The van der Waals surface area contributed by atoms with Crippen molar-refractivity contribution in [2.45, 2.75) is 12.8 Å². The average Bonchev–Trinajstić information content (AvgIpc) is 3.31. The topological polar surface area (TPSA) is 88.8 Å². The third kappa shape index (κ3) is 3.55. The zero-order valence-electron chi connectivity index (χ0n) is 13.6. The second kappa shape index (κ2) is 6.32. The zero-order chi connectivity index (χ0) is 17.4. The third-order valence-electron chi connectivity index (χ3n) is 3.97. The van der Waals surface area contributed by atoms with Crippen LogP contribution < -0.4 is 5.32 Å². The molecule has 128 valence electrons. The summed E-state index contributed by atoms with van der Waals surface area (Å²) >= 11 is 4.23. The summed E-state index contributed by atoms with van der Waals surface area (Å²) in [4.78, 5) is 29.7. The Labute approximate surface area is 149 Å². The molecule has 25 heavy (non-hydrogen) atoms. The monoisotopic (exact) mass is 355 g/mol. The maximum Gasteiger partial charge on any atom is 0.332 e. The zero-order valence-corrected chi connectivity index (χ0v) is 14.5. The van der Waals surface area contributed by atoms with E-state index in [4.69, 9.17) is 0 Å². The van der Waals surface area contributed by atoms with Gasteiger partial charge in [0.1, 0.15) is 22.7 Å². The Morgan fingerprint density at radius 1 is 1.32 bits per heavy atom. The normalized spacial score (nSPS) is 13.8. The van der Waals surface area contributed by atoms with Gasteiger partial charge in [-0.25, -0.2) is 19.7 Å². The molecular formula is C16H17N7OS. The molecule has 8 nitrogen and oxygen atoms in total. The van der Waals surface area contributed by atoms with Gasteiger partial charge in [-0.3, -0.25) is 14.6 Å². The van der Waals surface area contributed by atoms with E-state index >= 15 is 0 Å². The Hall–Kier alpha value is -2.68. The first kappa shape index (κ1) is 15.8. The predicted molar refractivity (Wildman–Crippen MR) is 97.0 cm³/mol. The minimum absolute atomic E-state index is 0.295. The Morgan fingerprint density at radius 2 is 2.16 bits per heavy atom.